The molecule has 5 nitrogen and oxygen atoms in total. The van der Waals surface area contributed by atoms with Crippen LogP contribution in [0.2, 0.25) is 0 Å². The Kier molecular flexibility index (Phi) is 4.66. The summed E-state index contributed by atoms with van der Waals surface area (Å²) in [7, 11) is 0. The molecule has 6 heteroatoms. The molecule has 2 amide bonds. The first-order valence-corrected chi connectivity index (χ1v) is 8.41. The summed E-state index contributed by atoms with van der Waals surface area (Å²) in [6.45, 7) is 5.19. The highest BCUT2D eigenvalue weighted by Gasteiger charge is 2.39. The molecule has 0 unspecified atom stereocenters. The molecular weight excluding hydrogens is 352 g/mol. The number of halogens is 1. The second-order valence-electron chi connectivity index (χ2n) is 6.18. The lowest BCUT2D eigenvalue weighted by molar-refractivity contribution is -0.120. The molecule has 0 fully saturated rings. The topological polar surface area (TPSA) is 66.5 Å². The smallest absolute Gasteiger partial charge is 0.283 e. The Morgan fingerprint density at radius 3 is 2.27 bits per heavy atom. The highest BCUT2D eigenvalue weighted by atomic mass is 35.5. The highest BCUT2D eigenvalue weighted by molar-refractivity contribution is 6.53. The number of aryl methyl sites for hydroxylation is 2. The van der Waals surface area contributed by atoms with E-state index >= 15 is 0 Å². The van der Waals surface area contributed by atoms with Gasteiger partial charge in [0.1, 0.15) is 10.7 Å². The molecule has 132 valence electrons. The van der Waals surface area contributed by atoms with Gasteiger partial charge >= 0.3 is 0 Å². The van der Waals surface area contributed by atoms with Gasteiger partial charge in [-0.15, -0.1) is 0 Å². The normalized spacial score (nSPS) is 14.2. The molecule has 1 aliphatic rings. The maximum absolute atomic E-state index is 12.8. The molecule has 0 aliphatic carbocycles. The van der Waals surface area contributed by atoms with Gasteiger partial charge in [0.05, 0.1) is 5.69 Å². The van der Waals surface area contributed by atoms with Crippen molar-refractivity contribution < 1.29 is 14.4 Å². The number of nitrogens with zero attached hydrogens (tertiary/aromatic N) is 1. The molecule has 0 spiro atoms. The lowest BCUT2D eigenvalue weighted by Gasteiger charge is -2.18. The lowest BCUT2D eigenvalue weighted by Crippen LogP contribution is -2.32. The van der Waals surface area contributed by atoms with Crippen molar-refractivity contribution in [3.05, 3.63) is 69.9 Å². The molecule has 0 aromatic heterocycles. The van der Waals surface area contributed by atoms with Crippen LogP contribution in [-0.4, -0.2) is 17.6 Å². The van der Waals surface area contributed by atoms with Crippen LogP contribution >= 0.6 is 11.6 Å². The minimum Gasteiger partial charge on any atom is -0.350 e. The summed E-state index contributed by atoms with van der Waals surface area (Å²) in [5.41, 5.74) is 3.39. The van der Waals surface area contributed by atoms with Crippen LogP contribution in [0.15, 0.2) is 53.2 Å². The summed E-state index contributed by atoms with van der Waals surface area (Å²) in [6, 6.07) is 12.1. The standard InChI is InChI=1S/C20H17ClN2O3/c1-11-4-5-12(2)16(10-11)23-19(25)17(21)18(20(23)26)22-15-8-6-14(7-9-15)13(3)24/h4-10,22H,1-3H3. The Morgan fingerprint density at radius 1 is 1.00 bits per heavy atom. The van der Waals surface area contributed by atoms with Gasteiger partial charge in [-0.25, -0.2) is 4.90 Å². The summed E-state index contributed by atoms with van der Waals surface area (Å²) in [5.74, 6) is -1.13. The number of ketones is 1. The SMILES string of the molecule is CC(=O)c1ccc(NC2=C(Cl)C(=O)N(c3cc(C)ccc3C)C2=O)cc1. The first kappa shape index (κ1) is 17.9. The highest BCUT2D eigenvalue weighted by Crippen LogP contribution is 2.32. The number of Topliss-reactive ketones (excluding diaryl/α,β-unsaturated/α-hetero) is 1. The molecule has 0 bridgehead atoms. The molecule has 2 aromatic rings. The van der Waals surface area contributed by atoms with Gasteiger partial charge in [0.25, 0.3) is 11.8 Å². The molecule has 0 radical (unpaired) electrons. The van der Waals surface area contributed by atoms with E-state index in [-0.39, 0.29) is 16.5 Å². The third kappa shape index (κ3) is 3.13. The van der Waals surface area contributed by atoms with Gasteiger partial charge in [0, 0.05) is 11.3 Å². The molecule has 3 rings (SSSR count). The van der Waals surface area contributed by atoms with Crippen molar-refractivity contribution >= 4 is 40.6 Å². The van der Waals surface area contributed by atoms with E-state index in [1.165, 1.54) is 6.92 Å². The maximum atomic E-state index is 12.8. The first-order valence-electron chi connectivity index (χ1n) is 8.03. The van der Waals surface area contributed by atoms with E-state index in [0.717, 1.165) is 16.0 Å². The van der Waals surface area contributed by atoms with E-state index < -0.39 is 11.8 Å². The van der Waals surface area contributed by atoms with E-state index in [4.69, 9.17) is 11.6 Å². The van der Waals surface area contributed by atoms with E-state index in [9.17, 15) is 14.4 Å². The molecule has 1 N–H and O–H groups in total. The number of nitrogens with one attached hydrogen (secondary N) is 1. The van der Waals surface area contributed by atoms with Crippen molar-refractivity contribution in [1.29, 1.82) is 0 Å². The predicted octanol–water partition coefficient (Wildman–Crippen LogP) is 3.94. The minimum atomic E-state index is -0.562. The van der Waals surface area contributed by atoms with E-state index in [2.05, 4.69) is 5.32 Å². The zero-order chi connectivity index (χ0) is 19.0. The summed E-state index contributed by atoms with van der Waals surface area (Å²) in [4.78, 5) is 37.8. The average Bonchev–Trinajstić information content (AvgIpc) is 2.81. The van der Waals surface area contributed by atoms with E-state index in [0.29, 0.717) is 16.9 Å². The number of amides is 2. The third-order valence-corrected chi connectivity index (χ3v) is 4.54. The zero-order valence-electron chi connectivity index (χ0n) is 14.6. The monoisotopic (exact) mass is 368 g/mol. The second-order valence-corrected chi connectivity index (χ2v) is 6.56. The fourth-order valence-electron chi connectivity index (χ4n) is 2.72. The first-order chi connectivity index (χ1) is 12.3. The Morgan fingerprint density at radius 2 is 1.65 bits per heavy atom. The molecule has 2 aromatic carbocycles. The Balaban J connectivity index is 1.91. The fraction of sp³-hybridized carbons (Fsp3) is 0.150. The van der Waals surface area contributed by atoms with Gasteiger partial charge < -0.3 is 5.32 Å². The van der Waals surface area contributed by atoms with E-state index in [1.807, 2.05) is 26.0 Å². The maximum Gasteiger partial charge on any atom is 0.283 e. The number of carbonyl (C=O) groups excluding carboxylic acids is 3. The summed E-state index contributed by atoms with van der Waals surface area (Å²) in [6.07, 6.45) is 0. The number of benzene rings is 2. The predicted molar refractivity (Wildman–Crippen MR) is 101 cm³/mol. The quantitative estimate of drug-likeness (QED) is 0.655. The van der Waals surface area contributed by atoms with Crippen molar-refractivity contribution in [1.82, 2.24) is 0 Å². The van der Waals surface area contributed by atoms with Gasteiger partial charge in [-0.1, -0.05) is 23.7 Å². The van der Waals surface area contributed by atoms with Crippen LogP contribution in [0.4, 0.5) is 11.4 Å². The average molecular weight is 369 g/mol. The zero-order valence-corrected chi connectivity index (χ0v) is 15.3. The molecule has 0 saturated carbocycles. The van der Waals surface area contributed by atoms with Crippen LogP contribution in [-0.2, 0) is 9.59 Å². The number of hydrogen-bond donors (Lipinski definition) is 1. The number of carbonyl (C=O) groups is 3. The fourth-order valence-corrected chi connectivity index (χ4v) is 2.94. The summed E-state index contributed by atoms with van der Waals surface area (Å²) < 4.78 is 0. The van der Waals surface area contributed by atoms with Crippen LogP contribution in [0.1, 0.15) is 28.4 Å². The molecule has 26 heavy (non-hydrogen) atoms. The van der Waals surface area contributed by atoms with Gasteiger partial charge in [-0.05, 0) is 62.2 Å². The van der Waals surface area contributed by atoms with Gasteiger partial charge in [-0.3, -0.25) is 14.4 Å². The van der Waals surface area contributed by atoms with Crippen LogP contribution in [0.5, 0.6) is 0 Å². The van der Waals surface area contributed by atoms with Crippen LogP contribution in [0.3, 0.4) is 0 Å². The molecule has 0 atom stereocenters. The van der Waals surface area contributed by atoms with Crippen LogP contribution in [0.25, 0.3) is 0 Å². The number of imide groups is 1. The van der Waals surface area contributed by atoms with Gasteiger partial charge in [0.2, 0.25) is 0 Å². The van der Waals surface area contributed by atoms with Crippen molar-refractivity contribution in [3.8, 4) is 0 Å². The second kappa shape index (κ2) is 6.77. The molecular formula is C20H17ClN2O3. The van der Waals surface area contributed by atoms with Crippen LogP contribution in [0, 0.1) is 13.8 Å². The van der Waals surface area contributed by atoms with Crippen molar-refractivity contribution in [2.24, 2.45) is 0 Å². The van der Waals surface area contributed by atoms with Crippen molar-refractivity contribution in [3.63, 3.8) is 0 Å². The largest absolute Gasteiger partial charge is 0.350 e. The van der Waals surface area contributed by atoms with Crippen molar-refractivity contribution in [2.45, 2.75) is 20.8 Å². The molecule has 0 saturated heterocycles. The molecule has 1 aliphatic heterocycles. The van der Waals surface area contributed by atoms with E-state index in [1.54, 1.807) is 30.3 Å². The molecule has 1 heterocycles. The minimum absolute atomic E-state index is 0.0214. The van der Waals surface area contributed by atoms with Crippen LogP contribution < -0.4 is 10.2 Å². The number of anilines is 2. The lowest BCUT2D eigenvalue weighted by atomic mass is 10.1. The number of rotatable bonds is 4. The summed E-state index contributed by atoms with van der Waals surface area (Å²) in [5, 5.41) is 2.73. The van der Waals surface area contributed by atoms with Gasteiger partial charge in [0.15, 0.2) is 5.78 Å². The van der Waals surface area contributed by atoms with Gasteiger partial charge in [-0.2, -0.15) is 0 Å². The summed E-state index contributed by atoms with van der Waals surface area (Å²) >= 11 is 6.14. The number of hydrogen-bond acceptors (Lipinski definition) is 4. The Hall–Kier alpha value is -2.92. The third-order valence-electron chi connectivity index (χ3n) is 4.19. The Bertz CT molecular complexity index is 962. The Labute approximate surface area is 156 Å². The van der Waals surface area contributed by atoms with Crippen molar-refractivity contribution in [2.75, 3.05) is 10.2 Å².